The first-order chi connectivity index (χ1) is 12.8. The molecule has 0 spiro atoms. The fourth-order valence-corrected chi connectivity index (χ4v) is 2.50. The Morgan fingerprint density at radius 1 is 0.808 bits per heavy atom. The zero-order valence-corrected chi connectivity index (χ0v) is 14.9. The molecule has 3 rings (SSSR count). The van der Waals surface area contributed by atoms with Crippen molar-refractivity contribution in [3.05, 3.63) is 71.9 Å². The minimum atomic E-state index is 0.567. The van der Waals surface area contributed by atoms with E-state index >= 15 is 0 Å². The topological polar surface area (TPSA) is 68.3 Å². The quantitative estimate of drug-likeness (QED) is 0.645. The highest BCUT2D eigenvalue weighted by molar-refractivity contribution is 5.45. The molecule has 134 valence electrons. The molecule has 0 atom stereocenters. The Bertz CT molecular complexity index is 840. The summed E-state index contributed by atoms with van der Waals surface area (Å²) in [6, 6.07) is 17.8. The van der Waals surface area contributed by atoms with Gasteiger partial charge in [-0.1, -0.05) is 36.4 Å². The van der Waals surface area contributed by atoms with E-state index in [-0.39, 0.29) is 0 Å². The molecule has 0 bridgehead atoms. The zero-order valence-electron chi connectivity index (χ0n) is 14.9. The van der Waals surface area contributed by atoms with Gasteiger partial charge in [0.15, 0.2) is 11.5 Å². The molecule has 1 heterocycles. The van der Waals surface area contributed by atoms with Crippen LogP contribution in [0.15, 0.2) is 60.8 Å². The summed E-state index contributed by atoms with van der Waals surface area (Å²) in [5, 5.41) is 6.53. The van der Waals surface area contributed by atoms with Crippen LogP contribution in [0.1, 0.15) is 11.1 Å². The van der Waals surface area contributed by atoms with Crippen molar-refractivity contribution in [2.24, 2.45) is 0 Å². The van der Waals surface area contributed by atoms with E-state index in [1.54, 1.807) is 20.4 Å². The summed E-state index contributed by atoms with van der Waals surface area (Å²) in [5.74, 6) is 2.75. The largest absolute Gasteiger partial charge is 0.493 e. The average Bonchev–Trinajstić information content (AvgIpc) is 2.71. The Morgan fingerprint density at radius 3 is 2.35 bits per heavy atom. The molecule has 0 aliphatic heterocycles. The Balaban J connectivity index is 1.60. The number of nitrogens with zero attached hydrogens (tertiary/aromatic N) is 2. The highest BCUT2D eigenvalue weighted by Crippen LogP contribution is 2.27. The molecule has 1 aromatic heterocycles. The second kappa shape index (κ2) is 8.71. The summed E-state index contributed by atoms with van der Waals surface area (Å²) in [4.78, 5) is 8.76. The number of hydrogen-bond acceptors (Lipinski definition) is 6. The van der Waals surface area contributed by atoms with Gasteiger partial charge in [0.1, 0.15) is 5.82 Å². The van der Waals surface area contributed by atoms with Gasteiger partial charge in [-0.3, -0.25) is 0 Å². The molecule has 2 aromatic carbocycles. The average molecular weight is 350 g/mol. The number of methoxy groups -OCH3 is 2. The van der Waals surface area contributed by atoms with Crippen LogP contribution in [0.3, 0.4) is 0 Å². The SMILES string of the molecule is COc1ccc(CNc2nccc(NCc3ccccc3)n2)cc1OC. The van der Waals surface area contributed by atoms with Gasteiger partial charge in [-0.05, 0) is 29.3 Å². The molecule has 6 heteroatoms. The van der Waals surface area contributed by atoms with E-state index in [1.165, 1.54) is 5.56 Å². The smallest absolute Gasteiger partial charge is 0.224 e. The fraction of sp³-hybridized carbons (Fsp3) is 0.200. The maximum absolute atomic E-state index is 5.33. The molecular weight excluding hydrogens is 328 g/mol. The molecule has 26 heavy (non-hydrogen) atoms. The second-order valence-corrected chi connectivity index (χ2v) is 5.65. The van der Waals surface area contributed by atoms with Crippen molar-refractivity contribution in [2.75, 3.05) is 24.9 Å². The highest BCUT2D eigenvalue weighted by Gasteiger charge is 2.05. The predicted molar refractivity (Wildman–Crippen MR) is 103 cm³/mol. The van der Waals surface area contributed by atoms with Gasteiger partial charge in [0.2, 0.25) is 5.95 Å². The molecular formula is C20H22N4O2. The third kappa shape index (κ3) is 4.63. The molecule has 0 aliphatic carbocycles. The van der Waals surface area contributed by atoms with Gasteiger partial charge in [0.25, 0.3) is 0 Å². The van der Waals surface area contributed by atoms with E-state index in [4.69, 9.17) is 9.47 Å². The number of ether oxygens (including phenoxy) is 2. The number of benzene rings is 2. The molecule has 0 fully saturated rings. The first-order valence-electron chi connectivity index (χ1n) is 8.34. The first kappa shape index (κ1) is 17.5. The summed E-state index contributed by atoms with van der Waals surface area (Å²) in [5.41, 5.74) is 2.25. The second-order valence-electron chi connectivity index (χ2n) is 5.65. The summed E-state index contributed by atoms with van der Waals surface area (Å²) >= 11 is 0. The predicted octanol–water partition coefficient (Wildman–Crippen LogP) is 3.72. The molecule has 2 N–H and O–H groups in total. The monoisotopic (exact) mass is 350 g/mol. The minimum absolute atomic E-state index is 0.567. The maximum Gasteiger partial charge on any atom is 0.224 e. The van der Waals surface area contributed by atoms with E-state index in [0.29, 0.717) is 30.5 Å². The van der Waals surface area contributed by atoms with E-state index < -0.39 is 0 Å². The summed E-state index contributed by atoms with van der Waals surface area (Å²) in [6.45, 7) is 1.30. The first-order valence-corrected chi connectivity index (χ1v) is 8.34. The number of nitrogens with one attached hydrogen (secondary N) is 2. The molecule has 0 saturated heterocycles. The van der Waals surface area contributed by atoms with Crippen molar-refractivity contribution in [3.8, 4) is 11.5 Å². The third-order valence-electron chi connectivity index (χ3n) is 3.87. The van der Waals surface area contributed by atoms with Crippen molar-refractivity contribution in [1.29, 1.82) is 0 Å². The van der Waals surface area contributed by atoms with Crippen molar-refractivity contribution in [2.45, 2.75) is 13.1 Å². The molecule has 6 nitrogen and oxygen atoms in total. The minimum Gasteiger partial charge on any atom is -0.493 e. The van der Waals surface area contributed by atoms with Crippen molar-refractivity contribution >= 4 is 11.8 Å². The lowest BCUT2D eigenvalue weighted by atomic mass is 10.2. The van der Waals surface area contributed by atoms with Gasteiger partial charge in [0.05, 0.1) is 14.2 Å². The van der Waals surface area contributed by atoms with Crippen LogP contribution in [0.5, 0.6) is 11.5 Å². The van der Waals surface area contributed by atoms with Crippen LogP contribution in [-0.2, 0) is 13.1 Å². The van der Waals surface area contributed by atoms with Crippen LogP contribution in [0.4, 0.5) is 11.8 Å². The molecule has 0 unspecified atom stereocenters. The lowest BCUT2D eigenvalue weighted by Gasteiger charge is -2.11. The third-order valence-corrected chi connectivity index (χ3v) is 3.87. The van der Waals surface area contributed by atoms with Crippen molar-refractivity contribution in [1.82, 2.24) is 9.97 Å². The number of hydrogen-bond donors (Lipinski definition) is 2. The van der Waals surface area contributed by atoms with Crippen molar-refractivity contribution in [3.63, 3.8) is 0 Å². The fourth-order valence-electron chi connectivity index (χ4n) is 2.50. The molecule has 3 aromatic rings. The van der Waals surface area contributed by atoms with Crippen molar-refractivity contribution < 1.29 is 9.47 Å². The van der Waals surface area contributed by atoms with E-state index in [0.717, 1.165) is 11.4 Å². The van der Waals surface area contributed by atoms with Crippen LogP contribution in [0.25, 0.3) is 0 Å². The zero-order chi connectivity index (χ0) is 18.2. The lowest BCUT2D eigenvalue weighted by Crippen LogP contribution is -2.07. The van der Waals surface area contributed by atoms with E-state index in [1.807, 2.05) is 42.5 Å². The molecule has 0 amide bonds. The number of aromatic nitrogens is 2. The molecule has 0 aliphatic rings. The molecule has 0 saturated carbocycles. The summed E-state index contributed by atoms with van der Waals surface area (Å²) in [7, 11) is 3.25. The highest BCUT2D eigenvalue weighted by atomic mass is 16.5. The van der Waals surface area contributed by atoms with Crippen LogP contribution in [0.2, 0.25) is 0 Å². The normalized spacial score (nSPS) is 10.2. The Labute approximate surface area is 153 Å². The lowest BCUT2D eigenvalue weighted by molar-refractivity contribution is 0.354. The van der Waals surface area contributed by atoms with Gasteiger partial charge in [-0.2, -0.15) is 4.98 Å². The number of anilines is 2. The standard InChI is InChI=1S/C20H22N4O2/c1-25-17-9-8-16(12-18(17)26-2)14-23-20-21-11-10-19(24-20)22-13-15-6-4-3-5-7-15/h3-12H,13-14H2,1-2H3,(H2,21,22,23,24). The number of rotatable bonds is 8. The molecule has 0 radical (unpaired) electrons. The van der Waals surface area contributed by atoms with Gasteiger partial charge < -0.3 is 20.1 Å². The van der Waals surface area contributed by atoms with E-state index in [9.17, 15) is 0 Å². The van der Waals surface area contributed by atoms with Crippen LogP contribution in [0, 0.1) is 0 Å². The van der Waals surface area contributed by atoms with Crippen LogP contribution < -0.4 is 20.1 Å². The van der Waals surface area contributed by atoms with Gasteiger partial charge in [0, 0.05) is 19.3 Å². The van der Waals surface area contributed by atoms with Gasteiger partial charge in [-0.25, -0.2) is 4.98 Å². The van der Waals surface area contributed by atoms with Gasteiger partial charge in [-0.15, -0.1) is 0 Å². The summed E-state index contributed by atoms with van der Waals surface area (Å²) < 4.78 is 10.6. The Morgan fingerprint density at radius 2 is 1.58 bits per heavy atom. The Kier molecular flexibility index (Phi) is 5.88. The van der Waals surface area contributed by atoms with Gasteiger partial charge >= 0.3 is 0 Å². The van der Waals surface area contributed by atoms with E-state index in [2.05, 4.69) is 32.7 Å². The van der Waals surface area contributed by atoms with Crippen LogP contribution in [-0.4, -0.2) is 24.2 Å². The van der Waals surface area contributed by atoms with Crippen LogP contribution >= 0.6 is 0 Å². The Hall–Kier alpha value is -3.28. The maximum atomic E-state index is 5.33. The summed E-state index contributed by atoms with van der Waals surface area (Å²) in [6.07, 6.45) is 1.73.